The molecule has 0 radical (unpaired) electrons. The van der Waals surface area contributed by atoms with Crippen LogP contribution in [0.4, 0.5) is 5.69 Å². The lowest BCUT2D eigenvalue weighted by Crippen LogP contribution is -1.88. The van der Waals surface area contributed by atoms with Gasteiger partial charge in [0, 0.05) is 22.6 Å². The highest BCUT2D eigenvalue weighted by atomic mass is 32.1. The van der Waals surface area contributed by atoms with Crippen LogP contribution in [-0.2, 0) is 12.8 Å². The molecule has 0 atom stereocenters. The first-order chi connectivity index (χ1) is 13.5. The maximum atomic E-state index is 10.8. The molecule has 2 aromatic carbocycles. The van der Waals surface area contributed by atoms with Crippen LogP contribution in [0.2, 0.25) is 0 Å². The molecule has 5 nitrogen and oxygen atoms in total. The number of nitro benzene ring substituents is 1. The minimum atomic E-state index is -0.441. The van der Waals surface area contributed by atoms with E-state index in [-0.39, 0.29) is 5.69 Å². The zero-order chi connectivity index (χ0) is 20.1. The average molecular weight is 389 g/mol. The van der Waals surface area contributed by atoms with Crippen LogP contribution in [0.25, 0.3) is 22.9 Å². The van der Waals surface area contributed by atoms with E-state index < -0.39 is 4.92 Å². The van der Waals surface area contributed by atoms with Gasteiger partial charge in [0.25, 0.3) is 5.69 Å². The number of non-ortho nitro benzene ring substituents is 1. The van der Waals surface area contributed by atoms with Crippen molar-refractivity contribution in [3.63, 3.8) is 0 Å². The highest BCUT2D eigenvalue weighted by Gasteiger charge is 2.15. The van der Waals surface area contributed by atoms with Crippen molar-refractivity contribution in [1.82, 2.24) is 4.98 Å². The number of nitro groups is 1. The van der Waals surface area contributed by atoms with E-state index >= 15 is 0 Å². The zero-order valence-electron chi connectivity index (χ0n) is 15.7. The topological polar surface area (TPSA) is 79.8 Å². The Morgan fingerprint density at radius 1 is 1.14 bits per heavy atom. The maximum absolute atomic E-state index is 10.8. The first kappa shape index (κ1) is 19.5. The van der Waals surface area contributed by atoms with Gasteiger partial charge in [0.2, 0.25) is 0 Å². The van der Waals surface area contributed by atoms with Gasteiger partial charge in [-0.15, -0.1) is 11.3 Å². The summed E-state index contributed by atoms with van der Waals surface area (Å²) in [7, 11) is 0. The Kier molecular flexibility index (Phi) is 5.97. The van der Waals surface area contributed by atoms with Gasteiger partial charge in [-0.05, 0) is 42.2 Å². The van der Waals surface area contributed by atoms with Crippen LogP contribution in [0.15, 0.2) is 48.5 Å². The number of nitriles is 1. The number of hydrogen-bond donors (Lipinski definition) is 0. The first-order valence-electron chi connectivity index (χ1n) is 9.01. The molecule has 0 aliphatic heterocycles. The molecule has 0 spiro atoms. The lowest BCUT2D eigenvalue weighted by molar-refractivity contribution is -0.384. The van der Waals surface area contributed by atoms with Crippen molar-refractivity contribution in [2.45, 2.75) is 26.7 Å². The summed E-state index contributed by atoms with van der Waals surface area (Å²) in [4.78, 5) is 16.2. The SMILES string of the molecule is CCc1ccc(-c2nc(C(C#N)=Cc3ccc([N+](=O)[O-])cc3)sc2CC)cc1. The molecule has 6 heteroatoms. The van der Waals surface area contributed by atoms with Gasteiger partial charge >= 0.3 is 0 Å². The third kappa shape index (κ3) is 4.16. The van der Waals surface area contributed by atoms with Gasteiger partial charge in [0.15, 0.2) is 0 Å². The van der Waals surface area contributed by atoms with Crippen LogP contribution in [0, 0.1) is 21.4 Å². The van der Waals surface area contributed by atoms with E-state index in [9.17, 15) is 15.4 Å². The second-order valence-electron chi connectivity index (χ2n) is 6.21. The summed E-state index contributed by atoms with van der Waals surface area (Å²) >= 11 is 1.51. The predicted octanol–water partition coefficient (Wildman–Crippen LogP) is 5.91. The molecule has 0 saturated heterocycles. The van der Waals surface area contributed by atoms with Gasteiger partial charge in [-0.25, -0.2) is 4.98 Å². The van der Waals surface area contributed by atoms with E-state index in [0.29, 0.717) is 10.6 Å². The second kappa shape index (κ2) is 8.59. The van der Waals surface area contributed by atoms with Crippen LogP contribution in [-0.4, -0.2) is 9.91 Å². The molecule has 0 N–H and O–H groups in total. The average Bonchev–Trinajstić information content (AvgIpc) is 3.16. The van der Waals surface area contributed by atoms with Crippen molar-refractivity contribution in [2.75, 3.05) is 0 Å². The van der Waals surface area contributed by atoms with Gasteiger partial charge < -0.3 is 0 Å². The Balaban J connectivity index is 1.98. The molecule has 3 aromatic rings. The van der Waals surface area contributed by atoms with E-state index in [0.717, 1.165) is 34.5 Å². The summed E-state index contributed by atoms with van der Waals surface area (Å²) in [6.45, 7) is 4.20. The number of aryl methyl sites for hydroxylation is 2. The van der Waals surface area contributed by atoms with Crippen LogP contribution >= 0.6 is 11.3 Å². The smallest absolute Gasteiger partial charge is 0.258 e. The first-order valence-corrected chi connectivity index (χ1v) is 9.83. The fourth-order valence-corrected chi connectivity index (χ4v) is 3.82. The normalized spacial score (nSPS) is 11.2. The summed E-state index contributed by atoms with van der Waals surface area (Å²) in [6, 6.07) is 16.7. The molecular weight excluding hydrogens is 370 g/mol. The standard InChI is InChI=1S/C22H19N3O2S/c1-3-15-5-9-17(10-6-15)21-20(4-2)28-22(24-21)18(14-23)13-16-7-11-19(12-8-16)25(26)27/h5-13H,3-4H2,1-2H3. The summed E-state index contributed by atoms with van der Waals surface area (Å²) in [5.41, 5.74) is 4.43. The van der Waals surface area contributed by atoms with Crippen molar-refractivity contribution < 1.29 is 4.92 Å². The fraction of sp³-hybridized carbons (Fsp3) is 0.182. The number of rotatable bonds is 6. The quantitative estimate of drug-likeness (QED) is 0.298. The van der Waals surface area contributed by atoms with Crippen molar-refractivity contribution in [2.24, 2.45) is 0 Å². The van der Waals surface area contributed by atoms with E-state index in [4.69, 9.17) is 4.98 Å². The molecular formula is C22H19N3O2S. The van der Waals surface area contributed by atoms with E-state index in [1.165, 1.54) is 29.0 Å². The number of thiazole rings is 1. The minimum Gasteiger partial charge on any atom is -0.258 e. The molecule has 0 aliphatic rings. The summed E-state index contributed by atoms with van der Waals surface area (Å²) < 4.78 is 0. The lowest BCUT2D eigenvalue weighted by atomic mass is 10.1. The molecule has 28 heavy (non-hydrogen) atoms. The van der Waals surface area contributed by atoms with Crippen molar-refractivity contribution in [3.05, 3.63) is 79.7 Å². The number of benzene rings is 2. The monoisotopic (exact) mass is 389 g/mol. The minimum absolute atomic E-state index is 0.0241. The van der Waals surface area contributed by atoms with Crippen molar-refractivity contribution in [1.29, 1.82) is 5.26 Å². The van der Waals surface area contributed by atoms with Gasteiger partial charge in [0.05, 0.1) is 16.2 Å². The predicted molar refractivity (Wildman–Crippen MR) is 113 cm³/mol. The number of hydrogen-bond acceptors (Lipinski definition) is 5. The lowest BCUT2D eigenvalue weighted by Gasteiger charge is -2.02. The summed E-state index contributed by atoms with van der Waals surface area (Å²) in [5.74, 6) is 0. The molecule has 0 saturated carbocycles. The molecule has 0 fully saturated rings. The van der Waals surface area contributed by atoms with Gasteiger partial charge in [-0.1, -0.05) is 38.1 Å². The largest absolute Gasteiger partial charge is 0.269 e. The van der Waals surface area contributed by atoms with Crippen LogP contribution in [0.1, 0.15) is 34.9 Å². The van der Waals surface area contributed by atoms with E-state index in [1.54, 1.807) is 18.2 Å². The number of nitrogens with zero attached hydrogens (tertiary/aromatic N) is 3. The van der Waals surface area contributed by atoms with Gasteiger partial charge in [-0.2, -0.15) is 5.26 Å². The maximum Gasteiger partial charge on any atom is 0.269 e. The van der Waals surface area contributed by atoms with Crippen molar-refractivity contribution in [3.8, 4) is 17.3 Å². The van der Waals surface area contributed by atoms with Crippen molar-refractivity contribution >= 4 is 28.7 Å². The fourth-order valence-electron chi connectivity index (χ4n) is 2.83. The van der Waals surface area contributed by atoms with Crippen LogP contribution in [0.3, 0.4) is 0 Å². The Labute approximate surface area is 167 Å². The second-order valence-corrected chi connectivity index (χ2v) is 7.30. The molecule has 1 heterocycles. The number of allylic oxidation sites excluding steroid dienone is 1. The number of aromatic nitrogens is 1. The summed E-state index contributed by atoms with van der Waals surface area (Å²) in [6.07, 6.45) is 3.53. The third-order valence-electron chi connectivity index (χ3n) is 4.42. The Morgan fingerprint density at radius 3 is 2.36 bits per heavy atom. The van der Waals surface area contributed by atoms with Crippen LogP contribution in [0.5, 0.6) is 0 Å². The molecule has 0 aliphatic carbocycles. The molecule has 140 valence electrons. The molecule has 0 unspecified atom stereocenters. The third-order valence-corrected chi connectivity index (χ3v) is 5.65. The molecule has 1 aromatic heterocycles. The molecule has 0 bridgehead atoms. The molecule has 3 rings (SSSR count). The van der Waals surface area contributed by atoms with Gasteiger partial charge in [0.1, 0.15) is 11.1 Å². The highest BCUT2D eigenvalue weighted by Crippen LogP contribution is 2.33. The van der Waals surface area contributed by atoms with Crippen LogP contribution < -0.4 is 0 Å². The van der Waals surface area contributed by atoms with E-state index in [2.05, 4.69) is 44.2 Å². The Bertz CT molecular complexity index is 1060. The summed E-state index contributed by atoms with van der Waals surface area (Å²) in [5, 5.41) is 21.1. The van der Waals surface area contributed by atoms with Gasteiger partial charge in [-0.3, -0.25) is 10.1 Å². The zero-order valence-corrected chi connectivity index (χ0v) is 16.5. The Hall–Kier alpha value is -3.30. The Morgan fingerprint density at radius 2 is 1.82 bits per heavy atom. The highest BCUT2D eigenvalue weighted by molar-refractivity contribution is 7.13. The van der Waals surface area contributed by atoms with E-state index in [1.807, 2.05) is 0 Å². The molecule has 0 amide bonds.